The number of hydrogen-bond acceptors (Lipinski definition) is 2. The predicted molar refractivity (Wildman–Crippen MR) is 65.8 cm³/mol. The van der Waals surface area contributed by atoms with Crippen LogP contribution in [0.5, 0.6) is 0 Å². The Hall–Kier alpha value is -1.29. The van der Waals surface area contributed by atoms with Crippen molar-refractivity contribution in [2.75, 3.05) is 13.2 Å². The molecule has 0 bridgehead atoms. The first-order valence-electron chi connectivity index (χ1n) is 6.21. The van der Waals surface area contributed by atoms with E-state index in [1.165, 1.54) is 0 Å². The number of nitrogens with one attached hydrogen (secondary N) is 2. The molecule has 0 spiro atoms. The number of ether oxygens (including phenoxy) is 1. The second kappa shape index (κ2) is 5.36. The van der Waals surface area contributed by atoms with E-state index in [4.69, 9.17) is 4.74 Å². The van der Waals surface area contributed by atoms with Crippen molar-refractivity contribution in [2.24, 2.45) is 11.8 Å². The summed E-state index contributed by atoms with van der Waals surface area (Å²) in [6.45, 7) is 5.84. The fraction of sp³-hybridized carbons (Fsp3) is 0.615. The third-order valence-electron chi connectivity index (χ3n) is 3.31. The maximum absolute atomic E-state index is 11.8. The first kappa shape index (κ1) is 12.2. The Balaban J connectivity index is 1.84. The van der Waals surface area contributed by atoms with Gasteiger partial charge >= 0.3 is 0 Å². The molecule has 0 aliphatic carbocycles. The Kier molecular flexibility index (Phi) is 3.84. The van der Waals surface area contributed by atoms with Gasteiger partial charge in [0.15, 0.2) is 0 Å². The molecule has 0 aromatic carbocycles. The Morgan fingerprint density at radius 1 is 1.65 bits per heavy atom. The maximum atomic E-state index is 11.8. The van der Waals surface area contributed by atoms with Crippen LogP contribution >= 0.6 is 0 Å². The van der Waals surface area contributed by atoms with Crippen LogP contribution < -0.4 is 5.32 Å². The van der Waals surface area contributed by atoms with Crippen LogP contribution in [0.25, 0.3) is 0 Å². The van der Waals surface area contributed by atoms with E-state index >= 15 is 0 Å². The molecule has 0 saturated carbocycles. The largest absolute Gasteiger partial charge is 0.378 e. The van der Waals surface area contributed by atoms with Gasteiger partial charge in [0.2, 0.25) is 0 Å². The smallest absolute Gasteiger partial charge is 0.252 e. The van der Waals surface area contributed by atoms with Gasteiger partial charge in [0.05, 0.1) is 11.7 Å². The van der Waals surface area contributed by atoms with Gasteiger partial charge in [-0.1, -0.05) is 13.8 Å². The summed E-state index contributed by atoms with van der Waals surface area (Å²) in [4.78, 5) is 14.6. The third-order valence-corrected chi connectivity index (χ3v) is 3.31. The molecule has 2 rings (SSSR count). The van der Waals surface area contributed by atoms with Crippen LogP contribution in [0.3, 0.4) is 0 Å². The summed E-state index contributed by atoms with van der Waals surface area (Å²) in [6.07, 6.45) is 4.78. The molecule has 94 valence electrons. The second-order valence-corrected chi connectivity index (χ2v) is 4.94. The van der Waals surface area contributed by atoms with Gasteiger partial charge in [-0.05, 0) is 18.4 Å². The number of rotatable bonds is 4. The fourth-order valence-corrected chi connectivity index (χ4v) is 2.40. The average molecular weight is 236 g/mol. The van der Waals surface area contributed by atoms with Crippen molar-refractivity contribution in [1.29, 1.82) is 0 Å². The van der Waals surface area contributed by atoms with Crippen LogP contribution in [0.15, 0.2) is 18.5 Å². The molecule has 4 heteroatoms. The minimum absolute atomic E-state index is 0.0133. The predicted octanol–water partition coefficient (Wildman–Crippen LogP) is 1.81. The highest BCUT2D eigenvalue weighted by Crippen LogP contribution is 2.26. The number of hydrogen-bond donors (Lipinski definition) is 2. The minimum atomic E-state index is -0.0133. The number of aromatic nitrogens is 1. The van der Waals surface area contributed by atoms with Crippen LogP contribution in [0.1, 0.15) is 30.6 Å². The van der Waals surface area contributed by atoms with E-state index < -0.39 is 0 Å². The molecule has 0 unspecified atom stereocenters. The summed E-state index contributed by atoms with van der Waals surface area (Å²) >= 11 is 0. The van der Waals surface area contributed by atoms with E-state index in [9.17, 15) is 4.79 Å². The second-order valence-electron chi connectivity index (χ2n) is 4.94. The Morgan fingerprint density at radius 2 is 2.47 bits per heavy atom. The molecule has 2 heterocycles. The number of carbonyl (C=O) groups is 1. The monoisotopic (exact) mass is 236 g/mol. The van der Waals surface area contributed by atoms with Gasteiger partial charge in [-0.15, -0.1) is 0 Å². The zero-order chi connectivity index (χ0) is 12.3. The first-order chi connectivity index (χ1) is 8.18. The fourth-order valence-electron chi connectivity index (χ4n) is 2.40. The van der Waals surface area contributed by atoms with E-state index in [-0.39, 0.29) is 12.0 Å². The minimum Gasteiger partial charge on any atom is -0.378 e. The van der Waals surface area contributed by atoms with Crippen molar-refractivity contribution < 1.29 is 9.53 Å². The SMILES string of the molecule is CC(C)[C@H]1OCC[C@@H]1CNC(=O)c1cc[nH]c1. The lowest BCUT2D eigenvalue weighted by Crippen LogP contribution is -2.34. The van der Waals surface area contributed by atoms with Gasteiger partial charge in [0.1, 0.15) is 0 Å². The molecule has 2 N–H and O–H groups in total. The highest BCUT2D eigenvalue weighted by Gasteiger charge is 2.30. The van der Waals surface area contributed by atoms with E-state index in [2.05, 4.69) is 24.1 Å². The van der Waals surface area contributed by atoms with Gasteiger partial charge in [-0.25, -0.2) is 0 Å². The number of aromatic amines is 1. The zero-order valence-corrected chi connectivity index (χ0v) is 10.4. The Labute approximate surface area is 102 Å². The van der Waals surface area contributed by atoms with E-state index in [0.29, 0.717) is 23.9 Å². The topological polar surface area (TPSA) is 54.1 Å². The molecule has 4 nitrogen and oxygen atoms in total. The Morgan fingerprint density at radius 3 is 3.12 bits per heavy atom. The summed E-state index contributed by atoms with van der Waals surface area (Å²) in [5.74, 6) is 0.935. The molecular weight excluding hydrogens is 216 g/mol. The lowest BCUT2D eigenvalue weighted by Gasteiger charge is -2.22. The normalized spacial score (nSPS) is 24.2. The highest BCUT2D eigenvalue weighted by molar-refractivity contribution is 5.93. The molecule has 0 radical (unpaired) electrons. The summed E-state index contributed by atoms with van der Waals surface area (Å²) < 4.78 is 5.69. The van der Waals surface area contributed by atoms with Crippen molar-refractivity contribution >= 4 is 5.91 Å². The third kappa shape index (κ3) is 2.88. The molecule has 17 heavy (non-hydrogen) atoms. The molecule has 1 aliphatic rings. The van der Waals surface area contributed by atoms with E-state index in [1.54, 1.807) is 18.5 Å². The van der Waals surface area contributed by atoms with Crippen LogP contribution in [0.4, 0.5) is 0 Å². The number of carbonyl (C=O) groups excluding carboxylic acids is 1. The van der Waals surface area contributed by atoms with Gasteiger partial charge in [0.25, 0.3) is 5.91 Å². The first-order valence-corrected chi connectivity index (χ1v) is 6.21. The summed E-state index contributed by atoms with van der Waals surface area (Å²) in [5, 5.41) is 2.97. The molecule has 1 amide bonds. The lowest BCUT2D eigenvalue weighted by atomic mass is 9.93. The van der Waals surface area contributed by atoms with Gasteiger partial charge < -0.3 is 15.0 Å². The average Bonchev–Trinajstić information content (AvgIpc) is 2.96. The zero-order valence-electron chi connectivity index (χ0n) is 10.4. The van der Waals surface area contributed by atoms with Crippen LogP contribution in [-0.2, 0) is 4.74 Å². The molecular formula is C13H20N2O2. The molecule has 1 fully saturated rings. The summed E-state index contributed by atoms with van der Waals surface area (Å²) in [6, 6.07) is 1.78. The van der Waals surface area contributed by atoms with Gasteiger partial charge in [-0.2, -0.15) is 0 Å². The lowest BCUT2D eigenvalue weighted by molar-refractivity contribution is 0.0533. The van der Waals surface area contributed by atoms with Crippen molar-refractivity contribution in [3.05, 3.63) is 24.0 Å². The van der Waals surface area contributed by atoms with Crippen molar-refractivity contribution in [3.63, 3.8) is 0 Å². The summed E-state index contributed by atoms with van der Waals surface area (Å²) in [7, 11) is 0. The van der Waals surface area contributed by atoms with Crippen molar-refractivity contribution in [1.82, 2.24) is 10.3 Å². The van der Waals surface area contributed by atoms with Crippen LogP contribution in [0.2, 0.25) is 0 Å². The molecule has 1 aromatic heterocycles. The maximum Gasteiger partial charge on any atom is 0.252 e. The van der Waals surface area contributed by atoms with E-state index in [0.717, 1.165) is 13.0 Å². The van der Waals surface area contributed by atoms with E-state index in [1.807, 2.05) is 0 Å². The van der Waals surface area contributed by atoms with Crippen LogP contribution in [-0.4, -0.2) is 30.1 Å². The summed E-state index contributed by atoms with van der Waals surface area (Å²) in [5.41, 5.74) is 0.685. The molecule has 1 aromatic rings. The highest BCUT2D eigenvalue weighted by atomic mass is 16.5. The number of H-pyrrole nitrogens is 1. The molecule has 1 aliphatic heterocycles. The Bertz CT molecular complexity index is 360. The van der Waals surface area contributed by atoms with Crippen molar-refractivity contribution in [3.8, 4) is 0 Å². The number of amides is 1. The van der Waals surface area contributed by atoms with Crippen molar-refractivity contribution in [2.45, 2.75) is 26.4 Å². The van der Waals surface area contributed by atoms with Gasteiger partial charge in [0, 0.05) is 31.5 Å². The van der Waals surface area contributed by atoms with Crippen LogP contribution in [0, 0.1) is 11.8 Å². The quantitative estimate of drug-likeness (QED) is 0.837. The molecule has 2 atom stereocenters. The van der Waals surface area contributed by atoms with Gasteiger partial charge in [-0.3, -0.25) is 4.79 Å². The standard InChI is InChI=1S/C13H20N2O2/c1-9(2)12-10(4-6-17-12)8-15-13(16)11-3-5-14-7-11/h3,5,7,9-10,12,14H,4,6,8H2,1-2H3,(H,15,16)/t10-,12-/m1/s1. The molecule has 1 saturated heterocycles.